The lowest BCUT2D eigenvalue weighted by atomic mass is 10.3. The van der Waals surface area contributed by atoms with Gasteiger partial charge in [-0.1, -0.05) is 19.2 Å². The standard InChI is InChI=1S/C11H18N2O2S/c1-6-10(5)8-11(12-7-2)16(14,15)13-9(3)4/h6-9,13H,1-2H2,3-5H3/b10-8-,12-11?. The first-order valence-electron chi connectivity index (χ1n) is 4.85. The molecular weight excluding hydrogens is 224 g/mol. The van der Waals surface area contributed by atoms with Crippen molar-refractivity contribution in [1.82, 2.24) is 4.72 Å². The molecule has 5 heteroatoms. The van der Waals surface area contributed by atoms with Gasteiger partial charge < -0.3 is 0 Å². The normalized spacial score (nSPS) is 14.0. The summed E-state index contributed by atoms with van der Waals surface area (Å²) < 4.78 is 26.1. The monoisotopic (exact) mass is 242 g/mol. The second kappa shape index (κ2) is 6.40. The summed E-state index contributed by atoms with van der Waals surface area (Å²) in [5.41, 5.74) is 0.717. The Hall–Kier alpha value is -1.20. The fourth-order valence-corrected chi connectivity index (χ4v) is 2.19. The Morgan fingerprint density at radius 2 is 1.94 bits per heavy atom. The molecule has 0 aromatic heterocycles. The molecule has 0 atom stereocenters. The Labute approximate surface area is 97.5 Å². The molecule has 0 amide bonds. The Balaban J connectivity index is 5.32. The molecule has 0 rings (SSSR count). The van der Waals surface area contributed by atoms with Crippen LogP contribution in [0.4, 0.5) is 0 Å². The van der Waals surface area contributed by atoms with Gasteiger partial charge in [-0.15, -0.1) is 0 Å². The van der Waals surface area contributed by atoms with E-state index in [1.807, 2.05) is 0 Å². The van der Waals surface area contributed by atoms with Gasteiger partial charge in [0.15, 0.2) is 5.04 Å². The van der Waals surface area contributed by atoms with E-state index in [4.69, 9.17) is 0 Å². The van der Waals surface area contributed by atoms with Gasteiger partial charge in [0.05, 0.1) is 0 Å². The van der Waals surface area contributed by atoms with Crippen LogP contribution < -0.4 is 4.72 Å². The summed E-state index contributed by atoms with van der Waals surface area (Å²) in [5, 5.41) is -0.0615. The van der Waals surface area contributed by atoms with E-state index in [0.29, 0.717) is 0 Å². The number of hydrogen-bond donors (Lipinski definition) is 1. The molecule has 0 heterocycles. The maximum Gasteiger partial charge on any atom is 0.258 e. The molecule has 4 nitrogen and oxygen atoms in total. The largest absolute Gasteiger partial charge is 0.258 e. The van der Waals surface area contributed by atoms with Gasteiger partial charge in [0, 0.05) is 12.2 Å². The average molecular weight is 242 g/mol. The predicted octanol–water partition coefficient (Wildman–Crippen LogP) is 1.99. The molecule has 1 N–H and O–H groups in total. The van der Waals surface area contributed by atoms with Gasteiger partial charge in [-0.05, 0) is 32.4 Å². The lowest BCUT2D eigenvalue weighted by Gasteiger charge is -2.09. The van der Waals surface area contributed by atoms with E-state index in [0.717, 1.165) is 5.57 Å². The van der Waals surface area contributed by atoms with Gasteiger partial charge in [-0.3, -0.25) is 0 Å². The molecular formula is C11H18N2O2S. The van der Waals surface area contributed by atoms with Crippen molar-refractivity contribution in [3.05, 3.63) is 37.1 Å². The van der Waals surface area contributed by atoms with E-state index in [-0.39, 0.29) is 11.1 Å². The van der Waals surface area contributed by atoms with E-state index in [9.17, 15) is 8.42 Å². The molecule has 0 fully saturated rings. The number of sulfonamides is 1. The predicted molar refractivity (Wildman–Crippen MR) is 68.8 cm³/mol. The van der Waals surface area contributed by atoms with E-state index < -0.39 is 10.0 Å². The number of nitrogens with one attached hydrogen (secondary N) is 1. The molecule has 0 radical (unpaired) electrons. The lowest BCUT2D eigenvalue weighted by molar-refractivity contribution is 0.582. The van der Waals surface area contributed by atoms with Crippen LogP contribution in [-0.2, 0) is 10.0 Å². The van der Waals surface area contributed by atoms with Crippen molar-refractivity contribution in [2.75, 3.05) is 0 Å². The molecule has 0 bridgehead atoms. The van der Waals surface area contributed by atoms with Gasteiger partial charge in [-0.2, -0.15) is 0 Å². The third-order valence-electron chi connectivity index (χ3n) is 1.56. The van der Waals surface area contributed by atoms with E-state index in [1.54, 1.807) is 26.8 Å². The van der Waals surface area contributed by atoms with Crippen molar-refractivity contribution in [1.29, 1.82) is 0 Å². The van der Waals surface area contributed by atoms with Crippen molar-refractivity contribution in [2.24, 2.45) is 4.99 Å². The van der Waals surface area contributed by atoms with Crippen LogP contribution >= 0.6 is 0 Å². The van der Waals surface area contributed by atoms with Crippen LogP contribution in [0.15, 0.2) is 42.1 Å². The summed E-state index contributed by atoms with van der Waals surface area (Å²) in [5.74, 6) is 0. The Morgan fingerprint density at radius 3 is 2.31 bits per heavy atom. The third kappa shape index (κ3) is 5.04. The number of aliphatic imine (C=N–C) groups is 1. The van der Waals surface area contributed by atoms with E-state index in [1.165, 1.54) is 12.3 Å². The van der Waals surface area contributed by atoms with Crippen LogP contribution in [0, 0.1) is 0 Å². The number of allylic oxidation sites excluding steroid dienone is 2. The van der Waals surface area contributed by atoms with Crippen molar-refractivity contribution >= 4 is 15.1 Å². The first-order chi connectivity index (χ1) is 7.33. The van der Waals surface area contributed by atoms with Crippen molar-refractivity contribution in [3.63, 3.8) is 0 Å². The summed E-state index contributed by atoms with van der Waals surface area (Å²) in [4.78, 5) is 3.74. The smallest absolute Gasteiger partial charge is 0.244 e. The lowest BCUT2D eigenvalue weighted by Crippen LogP contribution is -2.35. The minimum absolute atomic E-state index is 0.0615. The maximum atomic E-state index is 11.8. The zero-order valence-electron chi connectivity index (χ0n) is 9.90. The number of hydrogen-bond acceptors (Lipinski definition) is 3. The summed E-state index contributed by atoms with van der Waals surface area (Å²) >= 11 is 0. The third-order valence-corrected chi connectivity index (χ3v) is 3.11. The first kappa shape index (κ1) is 14.8. The van der Waals surface area contributed by atoms with Crippen LogP contribution in [0.2, 0.25) is 0 Å². The fourth-order valence-electron chi connectivity index (χ4n) is 0.899. The van der Waals surface area contributed by atoms with Gasteiger partial charge in [0.2, 0.25) is 0 Å². The maximum absolute atomic E-state index is 11.8. The molecule has 16 heavy (non-hydrogen) atoms. The highest BCUT2D eigenvalue weighted by Crippen LogP contribution is 2.01. The van der Waals surface area contributed by atoms with Crippen molar-refractivity contribution < 1.29 is 8.42 Å². The molecule has 0 unspecified atom stereocenters. The van der Waals surface area contributed by atoms with Crippen LogP contribution in [0.1, 0.15) is 20.8 Å². The van der Waals surface area contributed by atoms with E-state index in [2.05, 4.69) is 22.9 Å². The number of nitrogens with zero attached hydrogens (tertiary/aromatic N) is 1. The fraction of sp³-hybridized carbons (Fsp3) is 0.364. The number of rotatable bonds is 5. The molecule has 0 aliphatic rings. The molecule has 0 spiro atoms. The molecule has 0 aromatic carbocycles. The topological polar surface area (TPSA) is 58.5 Å². The Bertz CT molecular complexity index is 417. The van der Waals surface area contributed by atoms with Crippen LogP contribution in [0.25, 0.3) is 0 Å². The second-order valence-corrected chi connectivity index (χ2v) is 5.18. The molecule has 0 saturated heterocycles. The average Bonchev–Trinajstić information content (AvgIpc) is 2.14. The quantitative estimate of drug-likeness (QED) is 0.455. The first-order valence-corrected chi connectivity index (χ1v) is 6.33. The van der Waals surface area contributed by atoms with Gasteiger partial charge in [0.25, 0.3) is 10.0 Å². The molecule has 90 valence electrons. The van der Waals surface area contributed by atoms with E-state index >= 15 is 0 Å². The van der Waals surface area contributed by atoms with Crippen LogP contribution in [-0.4, -0.2) is 19.5 Å². The highest BCUT2D eigenvalue weighted by Gasteiger charge is 2.17. The van der Waals surface area contributed by atoms with Crippen molar-refractivity contribution in [3.8, 4) is 0 Å². The highest BCUT2D eigenvalue weighted by molar-refractivity contribution is 8.05. The van der Waals surface area contributed by atoms with Crippen LogP contribution in [0.5, 0.6) is 0 Å². The Morgan fingerprint density at radius 1 is 1.38 bits per heavy atom. The minimum atomic E-state index is -3.58. The molecule has 0 aromatic rings. The molecule has 0 saturated carbocycles. The molecule has 0 aliphatic carbocycles. The zero-order valence-corrected chi connectivity index (χ0v) is 10.7. The van der Waals surface area contributed by atoms with Gasteiger partial charge in [0.1, 0.15) is 0 Å². The zero-order chi connectivity index (χ0) is 12.8. The summed E-state index contributed by atoms with van der Waals surface area (Å²) in [6, 6.07) is -0.183. The van der Waals surface area contributed by atoms with Crippen molar-refractivity contribution in [2.45, 2.75) is 26.8 Å². The minimum Gasteiger partial charge on any atom is -0.244 e. The summed E-state index contributed by atoms with van der Waals surface area (Å²) in [6.07, 6.45) is 4.20. The summed E-state index contributed by atoms with van der Waals surface area (Å²) in [6.45, 7) is 12.2. The summed E-state index contributed by atoms with van der Waals surface area (Å²) in [7, 11) is -3.58. The SMILES string of the molecule is C=CN=C(/C=C(/C)C=C)S(=O)(=O)NC(C)C. The van der Waals surface area contributed by atoms with Gasteiger partial charge in [-0.25, -0.2) is 18.1 Å². The highest BCUT2D eigenvalue weighted by atomic mass is 32.2. The Kier molecular flexibility index (Phi) is 5.92. The van der Waals surface area contributed by atoms with Gasteiger partial charge >= 0.3 is 0 Å². The second-order valence-electron chi connectivity index (χ2n) is 3.52. The van der Waals surface area contributed by atoms with Crippen LogP contribution in [0.3, 0.4) is 0 Å². The molecule has 0 aliphatic heterocycles.